The zero-order chi connectivity index (χ0) is 49.3. The Kier molecular flexibility index (Phi) is 56.0. The molecule has 3 N–H and O–H groups in total. The number of aliphatic hydroxyl groups excluding tert-OH is 2. The van der Waals surface area contributed by atoms with Crippen molar-refractivity contribution >= 4 is 11.9 Å². The minimum atomic E-state index is -0.661. The van der Waals surface area contributed by atoms with E-state index in [1.165, 1.54) is 238 Å². The van der Waals surface area contributed by atoms with E-state index in [1.807, 2.05) is 0 Å². The number of rotatable bonds is 56. The molecule has 0 fully saturated rings. The second kappa shape index (κ2) is 57.7. The summed E-state index contributed by atoms with van der Waals surface area (Å²) in [6.45, 7) is 4.90. The summed E-state index contributed by atoms with van der Waals surface area (Å²) in [6, 6.07) is -0.539. The fraction of sp³-hybridized carbons (Fsp3) is 0.871. The number of allylic oxidation sites excluding steroid dienone is 6. The van der Waals surface area contributed by atoms with Crippen molar-refractivity contribution in [3.05, 3.63) is 36.5 Å². The van der Waals surface area contributed by atoms with E-state index < -0.39 is 12.1 Å². The summed E-state index contributed by atoms with van der Waals surface area (Å²) in [6.07, 6.45) is 71.7. The average molecular weight is 957 g/mol. The van der Waals surface area contributed by atoms with Crippen molar-refractivity contribution in [1.82, 2.24) is 5.32 Å². The SMILES string of the molecule is CCCC/C=C\CCCCCCCC(=O)OCCCCCCCCCCC/C=C\C/C=C\CCCCCCCCCCCCCCCCCC(=O)NC(CO)C(O)CCCCCCCCCCC. The van der Waals surface area contributed by atoms with Gasteiger partial charge in [-0.3, -0.25) is 9.59 Å². The number of amides is 1. The van der Waals surface area contributed by atoms with Gasteiger partial charge in [0.1, 0.15) is 0 Å². The van der Waals surface area contributed by atoms with Crippen LogP contribution in [0.25, 0.3) is 0 Å². The second-order valence-corrected chi connectivity index (χ2v) is 20.7. The van der Waals surface area contributed by atoms with Gasteiger partial charge in [0.05, 0.1) is 25.4 Å². The quantitative estimate of drug-likeness (QED) is 0.0321. The Morgan fingerprint density at radius 3 is 1.18 bits per heavy atom. The largest absolute Gasteiger partial charge is 0.466 e. The predicted molar refractivity (Wildman–Crippen MR) is 296 cm³/mol. The van der Waals surface area contributed by atoms with Crippen molar-refractivity contribution in [3.63, 3.8) is 0 Å². The van der Waals surface area contributed by atoms with Gasteiger partial charge < -0.3 is 20.3 Å². The van der Waals surface area contributed by atoms with E-state index in [-0.39, 0.29) is 18.5 Å². The first-order valence-corrected chi connectivity index (χ1v) is 30.2. The number of esters is 1. The third kappa shape index (κ3) is 53.4. The molecule has 0 rings (SSSR count). The molecule has 0 aromatic carbocycles. The number of aliphatic hydroxyl groups is 2. The zero-order valence-electron chi connectivity index (χ0n) is 45.6. The third-order valence-corrected chi connectivity index (χ3v) is 13.9. The average Bonchev–Trinajstić information content (AvgIpc) is 3.34. The summed E-state index contributed by atoms with van der Waals surface area (Å²) < 4.78 is 5.45. The van der Waals surface area contributed by atoms with Crippen molar-refractivity contribution < 1.29 is 24.5 Å². The molecule has 2 unspecified atom stereocenters. The number of carbonyl (C=O) groups excluding carboxylic acids is 2. The molecular formula is C62H117NO5. The molecule has 0 aromatic rings. The van der Waals surface area contributed by atoms with Crippen molar-refractivity contribution in [2.24, 2.45) is 0 Å². The first-order valence-electron chi connectivity index (χ1n) is 30.2. The van der Waals surface area contributed by atoms with Crippen LogP contribution in [0.15, 0.2) is 36.5 Å². The lowest BCUT2D eigenvalue weighted by molar-refractivity contribution is -0.143. The first-order chi connectivity index (χ1) is 33.5. The van der Waals surface area contributed by atoms with Crippen LogP contribution < -0.4 is 5.32 Å². The predicted octanol–water partition coefficient (Wildman–Crippen LogP) is 18.8. The minimum Gasteiger partial charge on any atom is -0.466 e. The van der Waals surface area contributed by atoms with Crippen LogP contribution in [0.1, 0.15) is 322 Å². The molecule has 0 heterocycles. The van der Waals surface area contributed by atoms with Crippen molar-refractivity contribution in [1.29, 1.82) is 0 Å². The van der Waals surface area contributed by atoms with Gasteiger partial charge in [0.2, 0.25) is 5.91 Å². The van der Waals surface area contributed by atoms with Crippen LogP contribution in [-0.4, -0.2) is 47.4 Å². The van der Waals surface area contributed by atoms with Gasteiger partial charge in [-0.15, -0.1) is 0 Å². The number of hydrogen-bond acceptors (Lipinski definition) is 5. The highest BCUT2D eigenvalue weighted by atomic mass is 16.5. The smallest absolute Gasteiger partial charge is 0.305 e. The molecule has 6 heteroatoms. The molecule has 0 spiro atoms. The molecule has 0 bridgehead atoms. The highest BCUT2D eigenvalue weighted by molar-refractivity contribution is 5.76. The van der Waals surface area contributed by atoms with E-state index in [0.29, 0.717) is 25.9 Å². The van der Waals surface area contributed by atoms with E-state index >= 15 is 0 Å². The van der Waals surface area contributed by atoms with Crippen LogP contribution in [0, 0.1) is 0 Å². The topological polar surface area (TPSA) is 95.9 Å². The number of unbranched alkanes of at least 4 members (excludes halogenated alkanes) is 39. The van der Waals surface area contributed by atoms with Crippen molar-refractivity contribution in [3.8, 4) is 0 Å². The molecule has 0 saturated heterocycles. The molecule has 1 amide bonds. The summed E-state index contributed by atoms with van der Waals surface area (Å²) in [5.41, 5.74) is 0. The normalized spacial score (nSPS) is 12.8. The molecule has 0 aliphatic carbocycles. The molecule has 0 aliphatic heterocycles. The Morgan fingerprint density at radius 2 is 0.750 bits per heavy atom. The van der Waals surface area contributed by atoms with E-state index in [4.69, 9.17) is 4.74 Å². The maximum atomic E-state index is 12.4. The van der Waals surface area contributed by atoms with Crippen LogP contribution in [0.3, 0.4) is 0 Å². The van der Waals surface area contributed by atoms with Gasteiger partial charge >= 0.3 is 5.97 Å². The number of nitrogens with one attached hydrogen (secondary N) is 1. The van der Waals surface area contributed by atoms with Crippen molar-refractivity contribution in [2.45, 2.75) is 334 Å². The summed E-state index contributed by atoms with van der Waals surface area (Å²) in [4.78, 5) is 24.4. The number of ether oxygens (including phenoxy) is 1. The van der Waals surface area contributed by atoms with Gasteiger partial charge in [-0.2, -0.15) is 0 Å². The summed E-state index contributed by atoms with van der Waals surface area (Å²) >= 11 is 0. The van der Waals surface area contributed by atoms with Crippen LogP contribution in [-0.2, 0) is 14.3 Å². The van der Waals surface area contributed by atoms with E-state index in [2.05, 4.69) is 55.6 Å². The lowest BCUT2D eigenvalue weighted by Gasteiger charge is -2.22. The Balaban J connectivity index is 3.37. The number of hydrogen-bond donors (Lipinski definition) is 3. The maximum absolute atomic E-state index is 12.4. The number of carbonyl (C=O) groups is 2. The standard InChI is InChI=1S/C62H117NO5/c1-3-5-7-9-11-13-35-40-44-48-52-56-62(67)68-57-53-49-45-41-37-34-32-30-28-26-24-22-20-18-16-14-15-17-19-21-23-25-27-29-31-33-36-39-43-47-51-55-61(66)63-59(58-64)60(65)54-50-46-42-38-12-10-8-6-4-2/h9,11,16,18,22,24,59-60,64-65H,3-8,10,12-15,17,19-21,23,25-58H2,1-2H3,(H,63,66)/b11-9-,18-16-,24-22-. The van der Waals surface area contributed by atoms with Gasteiger partial charge in [0, 0.05) is 12.8 Å². The maximum Gasteiger partial charge on any atom is 0.305 e. The molecule has 0 aromatic heterocycles. The second-order valence-electron chi connectivity index (χ2n) is 20.7. The fourth-order valence-electron chi connectivity index (χ4n) is 9.24. The van der Waals surface area contributed by atoms with Crippen LogP contribution >= 0.6 is 0 Å². The Hall–Kier alpha value is -1.92. The highest BCUT2D eigenvalue weighted by Gasteiger charge is 2.20. The lowest BCUT2D eigenvalue weighted by atomic mass is 10.0. The van der Waals surface area contributed by atoms with Crippen LogP contribution in [0.4, 0.5) is 0 Å². The molecule has 400 valence electrons. The Morgan fingerprint density at radius 1 is 0.412 bits per heavy atom. The molecule has 0 radical (unpaired) electrons. The molecule has 0 saturated carbocycles. The van der Waals surface area contributed by atoms with Gasteiger partial charge in [0.25, 0.3) is 0 Å². The molecule has 6 nitrogen and oxygen atoms in total. The van der Waals surface area contributed by atoms with Crippen LogP contribution in [0.2, 0.25) is 0 Å². The summed E-state index contributed by atoms with van der Waals surface area (Å²) in [5, 5.41) is 23.1. The van der Waals surface area contributed by atoms with Gasteiger partial charge in [-0.1, -0.05) is 269 Å². The lowest BCUT2D eigenvalue weighted by Crippen LogP contribution is -2.45. The van der Waals surface area contributed by atoms with E-state index in [1.54, 1.807) is 0 Å². The third-order valence-electron chi connectivity index (χ3n) is 13.9. The summed E-state index contributed by atoms with van der Waals surface area (Å²) in [7, 11) is 0. The van der Waals surface area contributed by atoms with Gasteiger partial charge in [-0.05, 0) is 77.0 Å². The monoisotopic (exact) mass is 956 g/mol. The zero-order valence-corrected chi connectivity index (χ0v) is 45.6. The fourth-order valence-corrected chi connectivity index (χ4v) is 9.24. The van der Waals surface area contributed by atoms with Gasteiger partial charge in [0.15, 0.2) is 0 Å². The highest BCUT2D eigenvalue weighted by Crippen LogP contribution is 2.17. The minimum absolute atomic E-state index is 0.00171. The Labute approximate surface area is 424 Å². The van der Waals surface area contributed by atoms with Crippen molar-refractivity contribution in [2.75, 3.05) is 13.2 Å². The molecule has 0 aliphatic rings. The Bertz CT molecular complexity index is 1100. The summed E-state index contributed by atoms with van der Waals surface area (Å²) in [5.74, 6) is -0.0346. The van der Waals surface area contributed by atoms with Gasteiger partial charge in [-0.25, -0.2) is 0 Å². The molecule has 2 atom stereocenters. The van der Waals surface area contributed by atoms with E-state index in [0.717, 1.165) is 51.4 Å². The first kappa shape index (κ1) is 66.1. The molecule has 68 heavy (non-hydrogen) atoms. The molecular weight excluding hydrogens is 839 g/mol. The van der Waals surface area contributed by atoms with Crippen LogP contribution in [0.5, 0.6) is 0 Å². The van der Waals surface area contributed by atoms with E-state index in [9.17, 15) is 19.8 Å².